The summed E-state index contributed by atoms with van der Waals surface area (Å²) >= 11 is 0. The summed E-state index contributed by atoms with van der Waals surface area (Å²) in [6.07, 6.45) is -3.63. The maximum absolute atomic E-state index is 12.9. The maximum atomic E-state index is 12.9. The standard InChI is InChI=1S/C12H10F3N3O2/c1-6-5-9(20-18-6)17-11(19)10-7(2)16-4-3-8(10)12(13,14)15/h3-5H,1-2H3,(H,17,19). The number of halogens is 3. The first-order valence-corrected chi connectivity index (χ1v) is 5.56. The fraction of sp³-hybridized carbons (Fsp3) is 0.250. The van der Waals surface area contributed by atoms with E-state index < -0.39 is 23.2 Å². The van der Waals surface area contributed by atoms with E-state index in [0.717, 1.165) is 12.3 Å². The monoisotopic (exact) mass is 285 g/mol. The Balaban J connectivity index is 2.39. The van der Waals surface area contributed by atoms with Crippen molar-refractivity contribution < 1.29 is 22.5 Å². The molecule has 1 amide bonds. The molecule has 0 atom stereocenters. The summed E-state index contributed by atoms with van der Waals surface area (Å²) in [5, 5.41) is 5.75. The fourth-order valence-corrected chi connectivity index (χ4v) is 1.69. The molecule has 1 N–H and O–H groups in total. The Hall–Kier alpha value is -2.38. The number of pyridine rings is 1. The Morgan fingerprint density at radius 3 is 2.60 bits per heavy atom. The Kier molecular flexibility index (Phi) is 3.47. The van der Waals surface area contributed by atoms with Crippen LogP contribution in [0, 0.1) is 13.8 Å². The van der Waals surface area contributed by atoms with Gasteiger partial charge in [0.15, 0.2) is 0 Å². The summed E-state index contributed by atoms with van der Waals surface area (Å²) in [5.41, 5.74) is -1.10. The minimum atomic E-state index is -4.64. The summed E-state index contributed by atoms with van der Waals surface area (Å²) in [5.74, 6) is -0.969. The molecule has 5 nitrogen and oxygen atoms in total. The van der Waals surface area contributed by atoms with E-state index in [1.807, 2.05) is 0 Å². The lowest BCUT2D eigenvalue weighted by molar-refractivity contribution is -0.138. The molecule has 0 saturated heterocycles. The molecular weight excluding hydrogens is 275 g/mol. The van der Waals surface area contributed by atoms with Gasteiger partial charge in [-0.05, 0) is 19.9 Å². The van der Waals surface area contributed by atoms with E-state index in [0.29, 0.717) is 5.69 Å². The molecule has 106 valence electrons. The van der Waals surface area contributed by atoms with E-state index in [1.54, 1.807) is 6.92 Å². The molecule has 0 saturated carbocycles. The van der Waals surface area contributed by atoms with Crippen LogP contribution in [0.15, 0.2) is 22.9 Å². The minimum absolute atomic E-state index is 0.0198. The van der Waals surface area contributed by atoms with Crippen LogP contribution in [0.1, 0.15) is 27.3 Å². The zero-order valence-corrected chi connectivity index (χ0v) is 10.6. The van der Waals surface area contributed by atoms with Gasteiger partial charge in [-0.25, -0.2) is 0 Å². The molecular formula is C12H10F3N3O2. The lowest BCUT2D eigenvalue weighted by atomic mass is 10.1. The van der Waals surface area contributed by atoms with Gasteiger partial charge in [-0.15, -0.1) is 0 Å². The number of aromatic nitrogens is 2. The molecule has 2 rings (SSSR count). The molecule has 2 aromatic rings. The number of nitrogens with one attached hydrogen (secondary N) is 1. The van der Waals surface area contributed by atoms with Gasteiger partial charge in [0.05, 0.1) is 22.5 Å². The van der Waals surface area contributed by atoms with Gasteiger partial charge in [0.2, 0.25) is 5.88 Å². The first-order chi connectivity index (χ1) is 9.29. The van der Waals surface area contributed by atoms with Gasteiger partial charge >= 0.3 is 6.18 Å². The fourth-order valence-electron chi connectivity index (χ4n) is 1.69. The Morgan fingerprint density at radius 2 is 2.05 bits per heavy atom. The Labute approximate surface area is 111 Å². The van der Waals surface area contributed by atoms with Crippen molar-refractivity contribution >= 4 is 11.8 Å². The molecule has 0 spiro atoms. The second-order valence-electron chi connectivity index (χ2n) is 4.10. The molecule has 0 fully saturated rings. The van der Waals surface area contributed by atoms with Gasteiger partial charge in [-0.2, -0.15) is 13.2 Å². The summed E-state index contributed by atoms with van der Waals surface area (Å²) in [4.78, 5) is 15.7. The summed E-state index contributed by atoms with van der Waals surface area (Å²) < 4.78 is 43.4. The molecule has 0 unspecified atom stereocenters. The molecule has 20 heavy (non-hydrogen) atoms. The minimum Gasteiger partial charge on any atom is -0.338 e. The van der Waals surface area contributed by atoms with Crippen molar-refractivity contribution in [2.45, 2.75) is 20.0 Å². The molecule has 2 aromatic heterocycles. The van der Waals surface area contributed by atoms with Crippen LogP contribution in [0.2, 0.25) is 0 Å². The first-order valence-electron chi connectivity index (χ1n) is 5.56. The van der Waals surface area contributed by atoms with Crippen LogP contribution in [0.25, 0.3) is 0 Å². The molecule has 2 heterocycles. The van der Waals surface area contributed by atoms with E-state index >= 15 is 0 Å². The van der Waals surface area contributed by atoms with Gasteiger partial charge in [-0.3, -0.25) is 15.1 Å². The third kappa shape index (κ3) is 2.79. The predicted octanol–water partition coefficient (Wildman–Crippen LogP) is 2.96. The van der Waals surface area contributed by atoms with Gasteiger partial charge in [0, 0.05) is 12.3 Å². The number of alkyl halides is 3. The second-order valence-corrected chi connectivity index (χ2v) is 4.10. The number of carbonyl (C=O) groups is 1. The van der Waals surface area contributed by atoms with Crippen LogP contribution < -0.4 is 5.32 Å². The second kappa shape index (κ2) is 4.95. The highest BCUT2D eigenvalue weighted by atomic mass is 19.4. The normalized spacial score (nSPS) is 11.4. The van der Waals surface area contributed by atoms with Gasteiger partial charge in [0.25, 0.3) is 5.91 Å². The number of hydrogen-bond acceptors (Lipinski definition) is 4. The number of carbonyl (C=O) groups excluding carboxylic acids is 1. The van der Waals surface area contributed by atoms with Crippen LogP contribution in [0.3, 0.4) is 0 Å². The SMILES string of the molecule is Cc1cc(NC(=O)c2c(C(F)(F)F)ccnc2C)on1. The third-order valence-electron chi connectivity index (χ3n) is 2.54. The molecule has 8 heteroatoms. The van der Waals surface area contributed by atoms with Crippen molar-refractivity contribution in [2.75, 3.05) is 5.32 Å². The van der Waals surface area contributed by atoms with Crippen molar-refractivity contribution in [1.82, 2.24) is 10.1 Å². The number of nitrogens with zero attached hydrogens (tertiary/aromatic N) is 2. The lowest BCUT2D eigenvalue weighted by Crippen LogP contribution is -2.20. The van der Waals surface area contributed by atoms with Crippen molar-refractivity contribution in [3.63, 3.8) is 0 Å². The topological polar surface area (TPSA) is 68.0 Å². The van der Waals surface area contributed by atoms with E-state index in [9.17, 15) is 18.0 Å². The smallest absolute Gasteiger partial charge is 0.338 e. The summed E-state index contributed by atoms with van der Waals surface area (Å²) in [6, 6.07) is 2.16. The largest absolute Gasteiger partial charge is 0.417 e. The van der Waals surface area contributed by atoms with Crippen molar-refractivity contribution in [3.05, 3.63) is 40.8 Å². The highest BCUT2D eigenvalue weighted by Crippen LogP contribution is 2.33. The molecule has 0 aliphatic rings. The van der Waals surface area contributed by atoms with Crippen LogP contribution in [-0.4, -0.2) is 16.0 Å². The average molecular weight is 285 g/mol. The number of rotatable bonds is 2. The average Bonchev–Trinajstić information content (AvgIpc) is 2.73. The van der Waals surface area contributed by atoms with Crippen molar-refractivity contribution in [3.8, 4) is 0 Å². The van der Waals surface area contributed by atoms with Crippen LogP contribution >= 0.6 is 0 Å². The zero-order valence-electron chi connectivity index (χ0n) is 10.6. The number of anilines is 1. The first kappa shape index (κ1) is 14.0. The van der Waals surface area contributed by atoms with Crippen molar-refractivity contribution in [1.29, 1.82) is 0 Å². The zero-order chi connectivity index (χ0) is 14.9. The lowest BCUT2D eigenvalue weighted by Gasteiger charge is -2.13. The number of amides is 1. The number of aryl methyl sites for hydroxylation is 2. The van der Waals surface area contributed by atoms with E-state index in [2.05, 4.69) is 15.5 Å². The van der Waals surface area contributed by atoms with E-state index in [4.69, 9.17) is 4.52 Å². The Morgan fingerprint density at radius 1 is 1.35 bits per heavy atom. The van der Waals surface area contributed by atoms with Gasteiger partial charge in [-0.1, -0.05) is 5.16 Å². The van der Waals surface area contributed by atoms with E-state index in [-0.39, 0.29) is 11.6 Å². The van der Waals surface area contributed by atoms with Crippen LogP contribution in [0.4, 0.5) is 19.1 Å². The molecule has 0 bridgehead atoms. The highest BCUT2D eigenvalue weighted by Gasteiger charge is 2.36. The Bertz CT molecular complexity index is 650. The maximum Gasteiger partial charge on any atom is 0.417 e. The molecule has 0 radical (unpaired) electrons. The molecule has 0 aliphatic carbocycles. The highest BCUT2D eigenvalue weighted by molar-refractivity contribution is 6.05. The molecule has 0 aliphatic heterocycles. The third-order valence-corrected chi connectivity index (χ3v) is 2.54. The quantitative estimate of drug-likeness (QED) is 0.921. The van der Waals surface area contributed by atoms with Gasteiger partial charge in [0.1, 0.15) is 0 Å². The van der Waals surface area contributed by atoms with Crippen molar-refractivity contribution in [2.24, 2.45) is 0 Å². The van der Waals surface area contributed by atoms with Gasteiger partial charge < -0.3 is 4.52 Å². The molecule has 0 aromatic carbocycles. The summed E-state index contributed by atoms with van der Waals surface area (Å²) in [6.45, 7) is 2.95. The van der Waals surface area contributed by atoms with E-state index in [1.165, 1.54) is 13.0 Å². The van der Waals surface area contributed by atoms with Crippen LogP contribution in [0.5, 0.6) is 0 Å². The summed E-state index contributed by atoms with van der Waals surface area (Å²) in [7, 11) is 0. The predicted molar refractivity (Wildman–Crippen MR) is 63.2 cm³/mol. The van der Waals surface area contributed by atoms with Crippen LogP contribution in [-0.2, 0) is 6.18 Å². The number of hydrogen-bond donors (Lipinski definition) is 1.